The van der Waals surface area contributed by atoms with Crippen molar-refractivity contribution >= 4 is 17.6 Å². The van der Waals surface area contributed by atoms with E-state index in [2.05, 4.69) is 4.98 Å². The van der Waals surface area contributed by atoms with Crippen LogP contribution in [0.25, 0.3) is 0 Å². The standard InChI is InChI=1S/C8H7ClF2N2O2/c9-5-1-3(8(14)15)6(7(10)11)4(2-12)13-5/h1,7H,2,12H2,(H,14,15). The van der Waals surface area contributed by atoms with Gasteiger partial charge in [-0.15, -0.1) is 0 Å². The lowest BCUT2D eigenvalue weighted by Gasteiger charge is -2.09. The topological polar surface area (TPSA) is 76.2 Å². The monoisotopic (exact) mass is 236 g/mol. The van der Waals surface area contributed by atoms with Gasteiger partial charge in [-0.2, -0.15) is 0 Å². The van der Waals surface area contributed by atoms with Gasteiger partial charge in [0.2, 0.25) is 0 Å². The minimum absolute atomic E-state index is 0.169. The average molecular weight is 237 g/mol. The summed E-state index contributed by atoms with van der Waals surface area (Å²) in [6.45, 7) is -0.291. The van der Waals surface area contributed by atoms with Gasteiger partial charge in [-0.05, 0) is 6.07 Å². The van der Waals surface area contributed by atoms with E-state index in [1.165, 1.54) is 0 Å². The summed E-state index contributed by atoms with van der Waals surface area (Å²) in [7, 11) is 0. The first-order valence-corrected chi connectivity index (χ1v) is 4.26. The predicted octanol–water partition coefficient (Wildman–Crippen LogP) is 1.83. The van der Waals surface area contributed by atoms with Crippen molar-refractivity contribution in [3.05, 3.63) is 28.0 Å². The molecule has 0 aliphatic carbocycles. The summed E-state index contributed by atoms with van der Waals surface area (Å²) < 4.78 is 25.1. The molecule has 1 rings (SSSR count). The molecule has 0 spiro atoms. The molecule has 0 aliphatic rings. The summed E-state index contributed by atoms with van der Waals surface area (Å²) in [5, 5.41) is 8.53. The highest BCUT2D eigenvalue weighted by molar-refractivity contribution is 6.29. The lowest BCUT2D eigenvalue weighted by molar-refractivity contribution is 0.0683. The molecule has 15 heavy (non-hydrogen) atoms. The molecule has 1 aromatic heterocycles. The summed E-state index contributed by atoms with van der Waals surface area (Å²) in [5.41, 5.74) is 3.74. The zero-order valence-corrected chi connectivity index (χ0v) is 8.13. The second kappa shape index (κ2) is 4.50. The van der Waals surface area contributed by atoms with Gasteiger partial charge in [-0.25, -0.2) is 18.6 Å². The third kappa shape index (κ3) is 2.40. The molecule has 0 amide bonds. The molecule has 0 fully saturated rings. The molecule has 0 bridgehead atoms. The maximum atomic E-state index is 12.6. The Balaban J connectivity index is 3.47. The molecule has 4 nitrogen and oxygen atoms in total. The first-order chi connectivity index (χ1) is 6.97. The van der Waals surface area contributed by atoms with E-state index in [9.17, 15) is 13.6 Å². The van der Waals surface area contributed by atoms with E-state index in [0.29, 0.717) is 0 Å². The SMILES string of the molecule is NCc1nc(Cl)cc(C(=O)O)c1C(F)F. The Morgan fingerprint density at radius 1 is 1.67 bits per heavy atom. The van der Waals surface area contributed by atoms with Crippen molar-refractivity contribution in [2.45, 2.75) is 13.0 Å². The number of halogens is 3. The Kier molecular flexibility index (Phi) is 3.54. The first-order valence-electron chi connectivity index (χ1n) is 3.88. The minimum Gasteiger partial charge on any atom is -0.478 e. The second-order valence-electron chi connectivity index (χ2n) is 2.66. The molecule has 7 heteroatoms. The van der Waals surface area contributed by atoms with Crippen molar-refractivity contribution in [2.75, 3.05) is 0 Å². The number of carboxylic acids is 1. The fraction of sp³-hybridized carbons (Fsp3) is 0.250. The summed E-state index contributed by atoms with van der Waals surface area (Å²) in [5.74, 6) is -1.48. The zero-order valence-electron chi connectivity index (χ0n) is 7.38. The number of aromatic nitrogens is 1. The van der Waals surface area contributed by atoms with E-state index in [1.807, 2.05) is 0 Å². The van der Waals surface area contributed by atoms with Crippen molar-refractivity contribution < 1.29 is 18.7 Å². The van der Waals surface area contributed by atoms with Gasteiger partial charge in [0.1, 0.15) is 5.15 Å². The third-order valence-electron chi connectivity index (χ3n) is 1.75. The van der Waals surface area contributed by atoms with Crippen LogP contribution >= 0.6 is 11.6 Å². The molecule has 3 N–H and O–H groups in total. The van der Waals surface area contributed by atoms with Crippen LogP contribution < -0.4 is 5.73 Å². The lowest BCUT2D eigenvalue weighted by atomic mass is 10.1. The van der Waals surface area contributed by atoms with Crippen molar-refractivity contribution in [2.24, 2.45) is 5.73 Å². The van der Waals surface area contributed by atoms with E-state index in [1.54, 1.807) is 0 Å². The number of carboxylic acid groups (broad SMARTS) is 1. The van der Waals surface area contributed by atoms with Crippen molar-refractivity contribution in [3.8, 4) is 0 Å². The Hall–Kier alpha value is -1.27. The lowest BCUT2D eigenvalue weighted by Crippen LogP contribution is -2.12. The number of rotatable bonds is 3. The molecule has 0 radical (unpaired) electrons. The Morgan fingerprint density at radius 2 is 2.27 bits per heavy atom. The van der Waals surface area contributed by atoms with E-state index >= 15 is 0 Å². The Labute approximate surface area is 88.7 Å². The number of aromatic carboxylic acids is 1. The van der Waals surface area contributed by atoms with Crippen LogP contribution in [0.15, 0.2) is 6.07 Å². The van der Waals surface area contributed by atoms with Gasteiger partial charge in [-0.1, -0.05) is 11.6 Å². The first kappa shape index (κ1) is 11.8. The minimum atomic E-state index is -2.94. The van der Waals surface area contributed by atoms with Crippen LogP contribution in [0, 0.1) is 0 Å². The largest absolute Gasteiger partial charge is 0.478 e. The van der Waals surface area contributed by atoms with E-state index in [-0.39, 0.29) is 17.4 Å². The van der Waals surface area contributed by atoms with Gasteiger partial charge >= 0.3 is 5.97 Å². The highest BCUT2D eigenvalue weighted by atomic mass is 35.5. The van der Waals surface area contributed by atoms with Crippen LogP contribution in [0.3, 0.4) is 0 Å². The highest BCUT2D eigenvalue weighted by Gasteiger charge is 2.23. The van der Waals surface area contributed by atoms with E-state index < -0.39 is 23.5 Å². The molecule has 1 heterocycles. The molecule has 82 valence electrons. The quantitative estimate of drug-likeness (QED) is 0.785. The van der Waals surface area contributed by atoms with Gasteiger partial charge < -0.3 is 10.8 Å². The second-order valence-corrected chi connectivity index (χ2v) is 3.05. The average Bonchev–Trinajstić information content (AvgIpc) is 2.15. The molecule has 0 saturated carbocycles. The number of pyridine rings is 1. The van der Waals surface area contributed by atoms with E-state index in [4.69, 9.17) is 22.4 Å². The molecule has 0 aromatic carbocycles. The van der Waals surface area contributed by atoms with Crippen molar-refractivity contribution in [1.29, 1.82) is 0 Å². The van der Waals surface area contributed by atoms with Crippen LogP contribution in [-0.2, 0) is 6.54 Å². The number of alkyl halides is 2. The number of nitrogens with two attached hydrogens (primary N) is 1. The van der Waals surface area contributed by atoms with Crippen LogP contribution in [0.5, 0.6) is 0 Å². The summed E-state index contributed by atoms with van der Waals surface area (Å²) in [6.07, 6.45) is -2.94. The van der Waals surface area contributed by atoms with Gasteiger partial charge in [0.15, 0.2) is 0 Å². The third-order valence-corrected chi connectivity index (χ3v) is 1.94. The van der Waals surface area contributed by atoms with Crippen LogP contribution in [-0.4, -0.2) is 16.1 Å². The van der Waals surface area contributed by atoms with Gasteiger partial charge in [-0.3, -0.25) is 0 Å². The van der Waals surface area contributed by atoms with Gasteiger partial charge in [0, 0.05) is 6.54 Å². The normalized spacial score (nSPS) is 10.7. The fourth-order valence-electron chi connectivity index (χ4n) is 1.15. The van der Waals surface area contributed by atoms with Crippen LogP contribution in [0.2, 0.25) is 5.15 Å². The molecule has 0 saturated heterocycles. The summed E-state index contributed by atoms with van der Waals surface area (Å²) >= 11 is 5.47. The molecular weight excluding hydrogens is 230 g/mol. The predicted molar refractivity (Wildman–Crippen MR) is 49.1 cm³/mol. The smallest absolute Gasteiger partial charge is 0.336 e. The molecular formula is C8H7ClF2N2O2. The molecule has 0 atom stereocenters. The zero-order chi connectivity index (χ0) is 11.6. The van der Waals surface area contributed by atoms with Gasteiger partial charge in [0.25, 0.3) is 6.43 Å². The highest BCUT2D eigenvalue weighted by Crippen LogP contribution is 2.27. The number of nitrogens with zero attached hydrogens (tertiary/aromatic N) is 1. The Morgan fingerprint density at radius 3 is 2.67 bits per heavy atom. The maximum absolute atomic E-state index is 12.6. The maximum Gasteiger partial charge on any atom is 0.336 e. The summed E-state index contributed by atoms with van der Waals surface area (Å²) in [4.78, 5) is 14.2. The van der Waals surface area contributed by atoms with Crippen LogP contribution in [0.4, 0.5) is 8.78 Å². The Bertz CT molecular complexity index is 398. The molecule has 0 aliphatic heterocycles. The molecule has 0 unspecified atom stereocenters. The van der Waals surface area contributed by atoms with E-state index in [0.717, 1.165) is 6.07 Å². The fourth-order valence-corrected chi connectivity index (χ4v) is 1.36. The van der Waals surface area contributed by atoms with Gasteiger partial charge in [0.05, 0.1) is 16.8 Å². The summed E-state index contributed by atoms with van der Waals surface area (Å²) in [6, 6.07) is 0.880. The van der Waals surface area contributed by atoms with Crippen molar-refractivity contribution in [1.82, 2.24) is 4.98 Å². The van der Waals surface area contributed by atoms with Crippen LogP contribution in [0.1, 0.15) is 28.0 Å². The van der Waals surface area contributed by atoms with Crippen molar-refractivity contribution in [3.63, 3.8) is 0 Å². The number of carbonyl (C=O) groups is 1. The number of hydrogen-bond donors (Lipinski definition) is 2. The molecule has 1 aromatic rings. The number of hydrogen-bond acceptors (Lipinski definition) is 3.